The van der Waals surface area contributed by atoms with Gasteiger partial charge in [0.15, 0.2) is 11.0 Å². The minimum atomic E-state index is -0.0873. The number of nitrogens with zero attached hydrogens (tertiary/aromatic N) is 4. The Labute approximate surface area is 179 Å². The van der Waals surface area contributed by atoms with E-state index in [1.54, 1.807) is 12.4 Å². The predicted octanol–water partition coefficient (Wildman–Crippen LogP) is 4.68. The largest absolute Gasteiger partial charge is 0.325 e. The molecule has 2 aromatic carbocycles. The van der Waals surface area contributed by atoms with Gasteiger partial charge in [0.05, 0.1) is 5.75 Å². The van der Waals surface area contributed by atoms with E-state index >= 15 is 0 Å². The standard InChI is InChI=1S/C23H21N5OS/c1-16-9-11-19(12-10-16)28-22(18-7-5-13-24-14-18)26-27-23(28)30-15-21(29)25-20-8-4-3-6-17(20)2/h3-14H,15H2,1-2H3,(H,25,29). The fourth-order valence-electron chi connectivity index (χ4n) is 3.00. The Balaban J connectivity index is 1.60. The molecule has 0 aliphatic heterocycles. The van der Waals surface area contributed by atoms with E-state index in [4.69, 9.17) is 0 Å². The molecule has 0 spiro atoms. The summed E-state index contributed by atoms with van der Waals surface area (Å²) >= 11 is 1.35. The van der Waals surface area contributed by atoms with Crippen LogP contribution in [0.15, 0.2) is 78.2 Å². The highest BCUT2D eigenvalue weighted by atomic mass is 32.2. The number of para-hydroxylation sites is 1. The number of thioether (sulfide) groups is 1. The molecule has 0 aliphatic rings. The number of hydrogen-bond acceptors (Lipinski definition) is 5. The Kier molecular flexibility index (Phi) is 5.90. The average molecular weight is 416 g/mol. The van der Waals surface area contributed by atoms with Crippen molar-refractivity contribution in [1.29, 1.82) is 0 Å². The Bertz CT molecular complexity index is 1160. The number of hydrogen-bond donors (Lipinski definition) is 1. The zero-order chi connectivity index (χ0) is 20.9. The SMILES string of the molecule is Cc1ccc(-n2c(SCC(=O)Nc3ccccc3C)nnc2-c2cccnc2)cc1. The maximum absolute atomic E-state index is 12.5. The predicted molar refractivity (Wildman–Crippen MR) is 120 cm³/mol. The van der Waals surface area contributed by atoms with Gasteiger partial charge in [0.25, 0.3) is 0 Å². The summed E-state index contributed by atoms with van der Waals surface area (Å²) in [7, 11) is 0. The number of carbonyl (C=O) groups is 1. The van der Waals surface area contributed by atoms with Crippen LogP contribution in [0.3, 0.4) is 0 Å². The number of benzene rings is 2. The van der Waals surface area contributed by atoms with E-state index in [0.717, 1.165) is 22.5 Å². The Morgan fingerprint density at radius 1 is 1.00 bits per heavy atom. The number of rotatable bonds is 6. The Morgan fingerprint density at radius 3 is 2.53 bits per heavy atom. The minimum Gasteiger partial charge on any atom is -0.325 e. The molecule has 0 unspecified atom stereocenters. The molecule has 0 saturated carbocycles. The van der Waals surface area contributed by atoms with Gasteiger partial charge in [-0.2, -0.15) is 0 Å². The van der Waals surface area contributed by atoms with Gasteiger partial charge in [-0.15, -0.1) is 10.2 Å². The summed E-state index contributed by atoms with van der Waals surface area (Å²) in [5.74, 6) is 0.829. The van der Waals surface area contributed by atoms with Gasteiger partial charge in [-0.05, 0) is 49.7 Å². The van der Waals surface area contributed by atoms with Crippen LogP contribution in [0.5, 0.6) is 0 Å². The second-order valence-electron chi connectivity index (χ2n) is 6.87. The number of carbonyl (C=O) groups excluding carboxylic acids is 1. The van der Waals surface area contributed by atoms with Crippen LogP contribution in [0.4, 0.5) is 5.69 Å². The molecule has 1 amide bonds. The van der Waals surface area contributed by atoms with Crippen LogP contribution >= 0.6 is 11.8 Å². The zero-order valence-corrected chi connectivity index (χ0v) is 17.6. The van der Waals surface area contributed by atoms with Crippen LogP contribution in [-0.4, -0.2) is 31.4 Å². The van der Waals surface area contributed by atoms with Crippen molar-refractivity contribution in [1.82, 2.24) is 19.7 Å². The summed E-state index contributed by atoms with van der Waals surface area (Å²) in [5, 5.41) is 12.3. The summed E-state index contributed by atoms with van der Waals surface area (Å²) in [6, 6.07) is 19.7. The van der Waals surface area contributed by atoms with Crippen LogP contribution in [0, 0.1) is 13.8 Å². The first kappa shape index (κ1) is 19.8. The number of pyridine rings is 1. The van der Waals surface area contributed by atoms with E-state index in [-0.39, 0.29) is 11.7 Å². The highest BCUT2D eigenvalue weighted by Crippen LogP contribution is 2.28. The van der Waals surface area contributed by atoms with Crippen LogP contribution in [0.2, 0.25) is 0 Å². The number of anilines is 1. The zero-order valence-electron chi connectivity index (χ0n) is 16.7. The van der Waals surface area contributed by atoms with Gasteiger partial charge in [-0.25, -0.2) is 0 Å². The lowest BCUT2D eigenvalue weighted by Gasteiger charge is -2.11. The minimum absolute atomic E-state index is 0.0873. The van der Waals surface area contributed by atoms with Crippen molar-refractivity contribution in [2.24, 2.45) is 0 Å². The first-order valence-corrected chi connectivity index (χ1v) is 10.5. The lowest BCUT2D eigenvalue weighted by Crippen LogP contribution is -2.15. The van der Waals surface area contributed by atoms with Crippen molar-refractivity contribution in [3.63, 3.8) is 0 Å². The second kappa shape index (κ2) is 8.92. The molecule has 4 aromatic rings. The Morgan fingerprint density at radius 2 is 1.80 bits per heavy atom. The van der Waals surface area contributed by atoms with Gasteiger partial charge in [0.1, 0.15) is 0 Å². The molecule has 0 bridgehead atoms. The fraction of sp³-hybridized carbons (Fsp3) is 0.130. The highest BCUT2D eigenvalue weighted by Gasteiger charge is 2.17. The number of nitrogens with one attached hydrogen (secondary N) is 1. The summed E-state index contributed by atoms with van der Waals surface area (Å²) in [5.41, 5.74) is 4.81. The van der Waals surface area contributed by atoms with Crippen LogP contribution in [-0.2, 0) is 4.79 Å². The number of aromatic nitrogens is 4. The van der Waals surface area contributed by atoms with Gasteiger partial charge in [-0.1, -0.05) is 47.7 Å². The summed E-state index contributed by atoms with van der Waals surface area (Å²) in [6.07, 6.45) is 3.48. The van der Waals surface area contributed by atoms with Crippen molar-refractivity contribution < 1.29 is 4.79 Å². The third-order valence-corrected chi connectivity index (χ3v) is 5.53. The summed E-state index contributed by atoms with van der Waals surface area (Å²) < 4.78 is 1.96. The lowest BCUT2D eigenvalue weighted by atomic mass is 10.2. The lowest BCUT2D eigenvalue weighted by molar-refractivity contribution is -0.113. The quantitative estimate of drug-likeness (QED) is 0.463. The molecule has 0 atom stereocenters. The van der Waals surface area contributed by atoms with E-state index in [0.29, 0.717) is 11.0 Å². The van der Waals surface area contributed by atoms with Gasteiger partial charge >= 0.3 is 0 Å². The average Bonchev–Trinajstić information content (AvgIpc) is 3.19. The molecule has 0 fully saturated rings. The van der Waals surface area contributed by atoms with Crippen molar-refractivity contribution in [2.45, 2.75) is 19.0 Å². The van der Waals surface area contributed by atoms with Crippen molar-refractivity contribution in [3.8, 4) is 17.1 Å². The summed E-state index contributed by atoms with van der Waals surface area (Å²) in [6.45, 7) is 4.01. The highest BCUT2D eigenvalue weighted by molar-refractivity contribution is 7.99. The van der Waals surface area contributed by atoms with Gasteiger partial charge in [-0.3, -0.25) is 14.3 Å². The van der Waals surface area contributed by atoms with Crippen LogP contribution in [0.1, 0.15) is 11.1 Å². The van der Waals surface area contributed by atoms with E-state index in [1.807, 2.05) is 79.1 Å². The van der Waals surface area contributed by atoms with Crippen molar-refractivity contribution >= 4 is 23.4 Å². The molecule has 150 valence electrons. The first-order valence-electron chi connectivity index (χ1n) is 9.53. The van der Waals surface area contributed by atoms with Gasteiger partial charge in [0.2, 0.25) is 5.91 Å². The maximum atomic E-state index is 12.5. The second-order valence-corrected chi connectivity index (χ2v) is 7.81. The molecule has 2 heterocycles. The molecule has 4 rings (SSSR count). The molecule has 7 heteroatoms. The van der Waals surface area contributed by atoms with E-state index in [9.17, 15) is 4.79 Å². The topological polar surface area (TPSA) is 72.7 Å². The molecule has 6 nitrogen and oxygen atoms in total. The molecule has 1 N–H and O–H groups in total. The van der Waals surface area contributed by atoms with Crippen LogP contribution < -0.4 is 5.32 Å². The number of amides is 1. The normalized spacial score (nSPS) is 10.7. The maximum Gasteiger partial charge on any atom is 0.234 e. The van der Waals surface area contributed by atoms with E-state index in [2.05, 4.69) is 20.5 Å². The fourth-order valence-corrected chi connectivity index (χ4v) is 3.75. The van der Waals surface area contributed by atoms with Crippen LogP contribution in [0.25, 0.3) is 17.1 Å². The molecular formula is C23H21N5OS. The molecule has 0 saturated heterocycles. The van der Waals surface area contributed by atoms with Gasteiger partial charge in [0, 0.05) is 29.3 Å². The molecule has 0 aliphatic carbocycles. The third kappa shape index (κ3) is 4.41. The molecular weight excluding hydrogens is 394 g/mol. The molecule has 2 aromatic heterocycles. The van der Waals surface area contributed by atoms with Crippen molar-refractivity contribution in [2.75, 3.05) is 11.1 Å². The summed E-state index contributed by atoms with van der Waals surface area (Å²) in [4.78, 5) is 16.7. The number of aryl methyl sites for hydroxylation is 2. The van der Waals surface area contributed by atoms with E-state index < -0.39 is 0 Å². The van der Waals surface area contributed by atoms with Gasteiger partial charge < -0.3 is 5.32 Å². The Hall–Kier alpha value is -3.45. The molecule has 30 heavy (non-hydrogen) atoms. The molecule has 0 radical (unpaired) electrons. The van der Waals surface area contributed by atoms with E-state index in [1.165, 1.54) is 17.3 Å². The third-order valence-electron chi connectivity index (χ3n) is 4.60. The first-order chi connectivity index (χ1) is 14.6. The monoisotopic (exact) mass is 415 g/mol. The van der Waals surface area contributed by atoms with Crippen molar-refractivity contribution in [3.05, 3.63) is 84.2 Å². The smallest absolute Gasteiger partial charge is 0.234 e.